The van der Waals surface area contributed by atoms with Gasteiger partial charge in [-0.3, -0.25) is 0 Å². The van der Waals surface area contributed by atoms with E-state index in [1.807, 2.05) is 0 Å². The number of pyridine rings is 1. The molecule has 0 radical (unpaired) electrons. The molecule has 6 nitrogen and oxygen atoms in total. The average Bonchev–Trinajstić information content (AvgIpc) is 3.01. The van der Waals surface area contributed by atoms with Crippen molar-refractivity contribution in [1.29, 1.82) is 0 Å². The number of halogens is 2. The van der Waals surface area contributed by atoms with E-state index >= 15 is 0 Å². The van der Waals surface area contributed by atoms with Gasteiger partial charge in [-0.05, 0) is 37.7 Å². The lowest BCUT2D eigenvalue weighted by atomic mass is 9.77. The van der Waals surface area contributed by atoms with Crippen LogP contribution >= 0.6 is 35.0 Å². The second-order valence-corrected chi connectivity index (χ2v) is 9.04. The van der Waals surface area contributed by atoms with Crippen molar-refractivity contribution < 1.29 is 4.74 Å². The van der Waals surface area contributed by atoms with Gasteiger partial charge < -0.3 is 15.4 Å². The van der Waals surface area contributed by atoms with Gasteiger partial charge in [0, 0.05) is 24.2 Å². The molecule has 2 aliphatic heterocycles. The molecule has 0 amide bonds. The van der Waals surface area contributed by atoms with Gasteiger partial charge in [-0.25, -0.2) is 15.0 Å². The van der Waals surface area contributed by atoms with Crippen LogP contribution in [0.25, 0.3) is 0 Å². The molecule has 9 heteroatoms. The summed E-state index contributed by atoms with van der Waals surface area (Å²) in [7, 11) is 0. The van der Waals surface area contributed by atoms with Gasteiger partial charge >= 0.3 is 0 Å². The Hall–Kier alpha value is -1.28. The maximum absolute atomic E-state index is 6.45. The summed E-state index contributed by atoms with van der Waals surface area (Å²) in [6, 6.07) is 1.79. The smallest absolute Gasteiger partial charge is 0.172 e. The van der Waals surface area contributed by atoms with Gasteiger partial charge in [-0.1, -0.05) is 35.0 Å². The SMILES string of the molecule is C[C@H]1CC2(CCN(c3ncc(Sc4ccnc(N)c4Cl)nc3Cl)CC2)CO1. The Bertz CT molecular complexity index is 844. The van der Waals surface area contributed by atoms with Gasteiger partial charge in [-0.15, -0.1) is 0 Å². The van der Waals surface area contributed by atoms with Gasteiger partial charge in [-0.2, -0.15) is 0 Å². The third-order valence-corrected chi connectivity index (χ3v) is 7.03. The lowest BCUT2D eigenvalue weighted by molar-refractivity contribution is 0.0976. The number of anilines is 2. The Kier molecular flexibility index (Phi) is 5.38. The zero-order chi connectivity index (χ0) is 19.0. The predicted molar refractivity (Wildman–Crippen MR) is 109 cm³/mol. The van der Waals surface area contributed by atoms with Crippen LogP contribution in [0, 0.1) is 5.41 Å². The number of nitrogen functional groups attached to an aromatic ring is 1. The first-order valence-corrected chi connectivity index (χ1v) is 10.5. The van der Waals surface area contributed by atoms with Crippen LogP contribution in [0.4, 0.5) is 11.6 Å². The highest BCUT2D eigenvalue weighted by Gasteiger charge is 2.41. The van der Waals surface area contributed by atoms with Crippen LogP contribution in [-0.4, -0.2) is 40.8 Å². The van der Waals surface area contributed by atoms with Crippen molar-refractivity contribution in [2.45, 2.75) is 42.2 Å². The van der Waals surface area contributed by atoms with Crippen molar-refractivity contribution in [1.82, 2.24) is 15.0 Å². The summed E-state index contributed by atoms with van der Waals surface area (Å²) in [5, 5.41) is 1.49. The predicted octanol–water partition coefficient (Wildman–Crippen LogP) is 4.31. The highest BCUT2D eigenvalue weighted by atomic mass is 35.5. The van der Waals surface area contributed by atoms with E-state index in [-0.39, 0.29) is 0 Å². The fraction of sp³-hybridized carbons (Fsp3) is 0.500. The first-order valence-electron chi connectivity index (χ1n) is 8.93. The fourth-order valence-electron chi connectivity index (χ4n) is 3.83. The van der Waals surface area contributed by atoms with Gasteiger partial charge in [0.2, 0.25) is 0 Å². The molecule has 1 spiro atoms. The van der Waals surface area contributed by atoms with Crippen LogP contribution in [0.2, 0.25) is 10.2 Å². The number of ether oxygens (including phenoxy) is 1. The van der Waals surface area contributed by atoms with Crippen LogP contribution in [0.1, 0.15) is 26.2 Å². The molecule has 2 saturated heterocycles. The van der Waals surface area contributed by atoms with Crippen molar-refractivity contribution >= 4 is 46.6 Å². The largest absolute Gasteiger partial charge is 0.382 e. The summed E-state index contributed by atoms with van der Waals surface area (Å²) >= 11 is 14.0. The van der Waals surface area contributed by atoms with E-state index < -0.39 is 0 Å². The summed E-state index contributed by atoms with van der Waals surface area (Å²) in [5.41, 5.74) is 6.07. The average molecular weight is 426 g/mol. The molecule has 2 N–H and O–H groups in total. The van der Waals surface area contributed by atoms with E-state index in [0.29, 0.717) is 32.5 Å². The fourth-order valence-corrected chi connectivity index (χ4v) is 5.16. The first-order chi connectivity index (χ1) is 13.0. The number of rotatable bonds is 3. The highest BCUT2D eigenvalue weighted by Crippen LogP contribution is 2.43. The zero-order valence-electron chi connectivity index (χ0n) is 15.0. The second kappa shape index (κ2) is 7.62. The minimum atomic E-state index is 0.296. The molecule has 0 unspecified atom stereocenters. The molecule has 4 heterocycles. The molecule has 27 heavy (non-hydrogen) atoms. The van der Waals surface area contributed by atoms with Gasteiger partial charge in [0.25, 0.3) is 0 Å². The number of aromatic nitrogens is 3. The molecule has 144 valence electrons. The van der Waals surface area contributed by atoms with Gasteiger partial charge in [0.05, 0.1) is 23.9 Å². The topological polar surface area (TPSA) is 77.2 Å². The van der Waals surface area contributed by atoms with E-state index in [9.17, 15) is 0 Å². The van der Waals surface area contributed by atoms with E-state index in [1.165, 1.54) is 11.8 Å². The monoisotopic (exact) mass is 425 g/mol. The summed E-state index contributed by atoms with van der Waals surface area (Å²) in [4.78, 5) is 16.0. The first kappa shape index (κ1) is 19.1. The number of hydrogen-bond acceptors (Lipinski definition) is 7. The molecular weight excluding hydrogens is 405 g/mol. The highest BCUT2D eigenvalue weighted by molar-refractivity contribution is 7.99. The van der Waals surface area contributed by atoms with Crippen molar-refractivity contribution in [3.05, 3.63) is 28.6 Å². The maximum Gasteiger partial charge on any atom is 0.172 e. The molecule has 0 aromatic carbocycles. The molecule has 2 aromatic heterocycles. The number of nitrogens with zero attached hydrogens (tertiary/aromatic N) is 4. The van der Waals surface area contributed by atoms with Crippen LogP contribution in [0.3, 0.4) is 0 Å². The lowest BCUT2D eigenvalue weighted by Crippen LogP contribution is -2.41. The molecule has 0 aliphatic carbocycles. The standard InChI is InChI=1S/C18H21Cl2N5OS/c1-11-8-18(10-26-11)3-6-25(7-4-18)17-15(20)24-13(9-23-17)27-12-2-5-22-16(21)14(12)19/h2,5,9,11H,3-4,6-8,10H2,1H3,(H2,21,22)/t11-/m0/s1. The lowest BCUT2D eigenvalue weighted by Gasteiger charge is -2.39. The minimum Gasteiger partial charge on any atom is -0.382 e. The quantitative estimate of drug-likeness (QED) is 0.784. The Labute approximate surface area is 172 Å². The Morgan fingerprint density at radius 1 is 1.30 bits per heavy atom. The van der Waals surface area contributed by atoms with Gasteiger partial charge in [0.1, 0.15) is 10.8 Å². The van der Waals surface area contributed by atoms with Crippen LogP contribution < -0.4 is 10.6 Å². The summed E-state index contributed by atoms with van der Waals surface area (Å²) in [6.07, 6.45) is 7.04. The van der Waals surface area contributed by atoms with E-state index in [4.69, 9.17) is 33.7 Å². The zero-order valence-corrected chi connectivity index (χ0v) is 17.3. The minimum absolute atomic E-state index is 0.296. The molecule has 2 aliphatic rings. The summed E-state index contributed by atoms with van der Waals surface area (Å²) in [6.45, 7) is 4.86. The molecule has 2 fully saturated rings. The molecule has 1 atom stereocenters. The number of piperidine rings is 1. The van der Waals surface area contributed by atoms with Crippen LogP contribution in [0.15, 0.2) is 28.4 Å². The third-order valence-electron chi connectivity index (χ3n) is 5.30. The van der Waals surface area contributed by atoms with E-state index in [0.717, 1.165) is 49.7 Å². The normalized spacial score (nSPS) is 21.7. The summed E-state index contributed by atoms with van der Waals surface area (Å²) in [5.74, 6) is 1.04. The molecule has 2 aromatic rings. The number of hydrogen-bond donors (Lipinski definition) is 1. The van der Waals surface area contributed by atoms with E-state index in [2.05, 4.69) is 26.8 Å². The Balaban J connectivity index is 1.45. The van der Waals surface area contributed by atoms with Crippen LogP contribution in [0.5, 0.6) is 0 Å². The summed E-state index contributed by atoms with van der Waals surface area (Å²) < 4.78 is 5.80. The molecule has 4 rings (SSSR count). The Morgan fingerprint density at radius 3 is 2.74 bits per heavy atom. The molecule has 0 saturated carbocycles. The van der Waals surface area contributed by atoms with Gasteiger partial charge in [0.15, 0.2) is 11.0 Å². The molecule has 0 bridgehead atoms. The second-order valence-electron chi connectivity index (χ2n) is 7.25. The maximum atomic E-state index is 6.45. The van der Waals surface area contributed by atoms with Crippen molar-refractivity contribution in [3.63, 3.8) is 0 Å². The van der Waals surface area contributed by atoms with E-state index in [1.54, 1.807) is 18.5 Å². The third kappa shape index (κ3) is 3.97. The van der Waals surface area contributed by atoms with Crippen molar-refractivity contribution in [2.24, 2.45) is 5.41 Å². The number of nitrogens with two attached hydrogens (primary N) is 1. The van der Waals surface area contributed by atoms with Crippen molar-refractivity contribution in [2.75, 3.05) is 30.3 Å². The molecular formula is C18H21Cl2N5OS. The van der Waals surface area contributed by atoms with Crippen molar-refractivity contribution in [3.8, 4) is 0 Å². The Morgan fingerprint density at radius 2 is 2.07 bits per heavy atom. The van der Waals surface area contributed by atoms with Crippen LogP contribution in [-0.2, 0) is 4.74 Å².